The van der Waals surface area contributed by atoms with Gasteiger partial charge in [0.2, 0.25) is 0 Å². The first-order valence-corrected chi connectivity index (χ1v) is 12.1. The monoisotopic (exact) mass is 441 g/mol. The molecule has 1 atom stereocenters. The summed E-state index contributed by atoms with van der Waals surface area (Å²) in [5, 5.41) is 0. The van der Waals surface area contributed by atoms with Crippen molar-refractivity contribution in [1.29, 1.82) is 0 Å². The van der Waals surface area contributed by atoms with Crippen molar-refractivity contribution in [2.45, 2.75) is 57.2 Å². The Balaban J connectivity index is 1.27. The highest BCUT2D eigenvalue weighted by atomic mass is 16.7. The first-order chi connectivity index (χ1) is 15.5. The highest BCUT2D eigenvalue weighted by Gasteiger charge is 2.42. The van der Waals surface area contributed by atoms with Crippen molar-refractivity contribution in [3.05, 3.63) is 29.8 Å². The minimum absolute atomic E-state index is 0.0158. The average Bonchev–Trinajstić information content (AvgIpc) is 3.30. The van der Waals surface area contributed by atoms with Crippen LogP contribution in [-0.4, -0.2) is 67.2 Å². The van der Waals surface area contributed by atoms with Crippen LogP contribution in [0.1, 0.15) is 51.0 Å². The molecule has 4 aliphatic rings. The van der Waals surface area contributed by atoms with E-state index in [1.54, 1.807) is 7.11 Å². The van der Waals surface area contributed by atoms with Crippen LogP contribution in [0.5, 0.6) is 11.5 Å². The van der Waals surface area contributed by atoms with E-state index in [1.807, 2.05) is 36.1 Å². The molecular formula is C25H35N3O4. The minimum Gasteiger partial charge on any atom is -0.493 e. The second kappa shape index (κ2) is 8.94. The molecule has 0 aromatic heterocycles. The number of amides is 1. The zero-order valence-electron chi connectivity index (χ0n) is 19.3. The summed E-state index contributed by atoms with van der Waals surface area (Å²) in [6, 6.07) is 5.86. The molecule has 174 valence electrons. The van der Waals surface area contributed by atoms with Crippen LogP contribution in [-0.2, 0) is 9.63 Å². The van der Waals surface area contributed by atoms with Crippen molar-refractivity contribution in [3.63, 3.8) is 0 Å². The van der Waals surface area contributed by atoms with Crippen molar-refractivity contribution < 1.29 is 19.1 Å². The van der Waals surface area contributed by atoms with Gasteiger partial charge < -0.3 is 14.4 Å². The molecule has 1 saturated heterocycles. The minimum atomic E-state index is -1.01. The lowest BCUT2D eigenvalue weighted by molar-refractivity contribution is -0.154. The number of hydrogen-bond donors (Lipinski definition) is 1. The van der Waals surface area contributed by atoms with Crippen molar-refractivity contribution >= 4 is 11.6 Å². The van der Waals surface area contributed by atoms with E-state index in [0.717, 1.165) is 67.7 Å². The molecule has 1 aromatic rings. The van der Waals surface area contributed by atoms with Gasteiger partial charge in [-0.25, -0.2) is 0 Å². The summed E-state index contributed by atoms with van der Waals surface area (Å²) in [7, 11) is 1.66. The molecule has 2 aliphatic heterocycles. The Bertz CT molecular complexity index is 870. The topological polar surface area (TPSA) is 63.3 Å². The fourth-order valence-electron chi connectivity index (χ4n) is 4.98. The lowest BCUT2D eigenvalue weighted by Crippen LogP contribution is -2.55. The molecule has 2 aliphatic carbocycles. The number of hydroxylamine groups is 1. The summed E-state index contributed by atoms with van der Waals surface area (Å²) in [6.07, 6.45) is 9.45. The Hall–Kier alpha value is -2.25. The Morgan fingerprint density at radius 3 is 2.56 bits per heavy atom. The number of ether oxygens (including phenoxy) is 2. The third-order valence-corrected chi connectivity index (χ3v) is 7.16. The molecule has 1 aromatic carbocycles. The molecule has 1 amide bonds. The van der Waals surface area contributed by atoms with E-state index in [1.165, 1.54) is 32.2 Å². The van der Waals surface area contributed by atoms with E-state index in [0.29, 0.717) is 0 Å². The smallest absolute Gasteiger partial charge is 0.261 e. The third-order valence-electron chi connectivity index (χ3n) is 7.16. The maximum atomic E-state index is 13.3. The molecule has 1 N–H and O–H groups in total. The van der Waals surface area contributed by atoms with Crippen molar-refractivity contribution in [3.8, 4) is 11.5 Å². The van der Waals surface area contributed by atoms with Crippen LogP contribution in [0.4, 0.5) is 0 Å². The lowest BCUT2D eigenvalue weighted by Gasteiger charge is -2.37. The van der Waals surface area contributed by atoms with E-state index < -0.39 is 5.60 Å². The highest BCUT2D eigenvalue weighted by Crippen LogP contribution is 2.36. The standard InChI is InChI=1S/C25H35N3O4/c1-25(24(29)28-13-11-27(12-14-28)17-18-7-8-18)16-21(26-32-25)19-9-10-22(30-2)23(15-19)31-20-5-3-4-6-20/h9-10,15-16,18,20,26H,3-8,11-14,17H2,1-2H3. The first kappa shape index (κ1) is 21.6. The van der Waals surface area contributed by atoms with Crippen molar-refractivity contribution in [2.75, 3.05) is 39.8 Å². The van der Waals surface area contributed by atoms with Crippen LogP contribution in [0.2, 0.25) is 0 Å². The van der Waals surface area contributed by atoms with E-state index in [2.05, 4.69) is 10.4 Å². The zero-order valence-corrected chi connectivity index (χ0v) is 19.3. The Morgan fingerprint density at radius 2 is 1.88 bits per heavy atom. The second-order valence-corrected chi connectivity index (χ2v) is 9.80. The lowest BCUT2D eigenvalue weighted by atomic mass is 10.0. The van der Waals surface area contributed by atoms with Crippen LogP contribution >= 0.6 is 0 Å². The maximum absolute atomic E-state index is 13.3. The van der Waals surface area contributed by atoms with Gasteiger partial charge in [0.05, 0.1) is 18.9 Å². The first-order valence-electron chi connectivity index (χ1n) is 12.1. The molecule has 0 radical (unpaired) electrons. The predicted octanol–water partition coefficient (Wildman–Crippen LogP) is 3.21. The van der Waals surface area contributed by atoms with Gasteiger partial charge in [-0.05, 0) is 75.6 Å². The van der Waals surface area contributed by atoms with Crippen LogP contribution in [0.15, 0.2) is 24.3 Å². The third kappa shape index (κ3) is 4.59. The molecule has 2 heterocycles. The highest BCUT2D eigenvalue weighted by molar-refractivity contribution is 5.90. The molecule has 7 nitrogen and oxygen atoms in total. The Morgan fingerprint density at radius 1 is 1.12 bits per heavy atom. The summed E-state index contributed by atoms with van der Waals surface area (Å²) in [6.45, 7) is 6.44. The quantitative estimate of drug-likeness (QED) is 0.701. The van der Waals surface area contributed by atoms with Crippen LogP contribution in [0.3, 0.4) is 0 Å². The molecule has 7 heteroatoms. The molecular weight excluding hydrogens is 406 g/mol. The largest absolute Gasteiger partial charge is 0.493 e. The number of carbonyl (C=O) groups excluding carboxylic acids is 1. The molecule has 0 spiro atoms. The molecule has 2 saturated carbocycles. The maximum Gasteiger partial charge on any atom is 0.261 e. The summed E-state index contributed by atoms with van der Waals surface area (Å²) < 4.78 is 11.7. The number of piperazine rings is 1. The SMILES string of the molecule is COc1ccc(C2=CC(C)(C(=O)N3CCN(CC4CC4)CC3)ON2)cc1OC1CCCC1. The Labute approximate surface area is 190 Å². The summed E-state index contributed by atoms with van der Waals surface area (Å²) in [5.41, 5.74) is 3.68. The number of benzene rings is 1. The van der Waals surface area contributed by atoms with Crippen LogP contribution in [0.25, 0.3) is 5.70 Å². The van der Waals surface area contributed by atoms with Gasteiger partial charge in [0.1, 0.15) is 0 Å². The molecule has 32 heavy (non-hydrogen) atoms. The number of nitrogens with one attached hydrogen (secondary N) is 1. The predicted molar refractivity (Wildman–Crippen MR) is 122 cm³/mol. The van der Waals surface area contributed by atoms with E-state index in [-0.39, 0.29) is 12.0 Å². The normalized spacial score (nSPS) is 26.7. The van der Waals surface area contributed by atoms with Gasteiger partial charge in [0.25, 0.3) is 5.91 Å². The van der Waals surface area contributed by atoms with Crippen LogP contribution < -0.4 is 15.0 Å². The number of carbonyl (C=O) groups is 1. The van der Waals surface area contributed by atoms with Gasteiger partial charge >= 0.3 is 0 Å². The number of nitrogens with zero attached hydrogens (tertiary/aromatic N) is 2. The van der Waals surface area contributed by atoms with Gasteiger partial charge in [-0.2, -0.15) is 0 Å². The van der Waals surface area contributed by atoms with Gasteiger partial charge in [0, 0.05) is 38.3 Å². The molecule has 3 fully saturated rings. The number of rotatable bonds is 7. The Kier molecular flexibility index (Phi) is 6.03. The second-order valence-electron chi connectivity index (χ2n) is 9.80. The zero-order chi connectivity index (χ0) is 22.1. The summed E-state index contributed by atoms with van der Waals surface area (Å²) in [5.74, 6) is 2.37. The van der Waals surface area contributed by atoms with Gasteiger partial charge in [0.15, 0.2) is 17.1 Å². The van der Waals surface area contributed by atoms with Gasteiger partial charge in [-0.3, -0.25) is 20.0 Å². The van der Waals surface area contributed by atoms with Crippen molar-refractivity contribution in [1.82, 2.24) is 15.3 Å². The number of hydrogen-bond acceptors (Lipinski definition) is 6. The number of methoxy groups -OCH3 is 1. The van der Waals surface area contributed by atoms with Crippen molar-refractivity contribution in [2.24, 2.45) is 5.92 Å². The molecule has 0 bridgehead atoms. The molecule has 1 unspecified atom stereocenters. The van der Waals surface area contributed by atoms with Gasteiger partial charge in [-0.1, -0.05) is 0 Å². The van der Waals surface area contributed by atoms with Gasteiger partial charge in [-0.15, -0.1) is 0 Å². The fraction of sp³-hybridized carbons (Fsp3) is 0.640. The van der Waals surface area contributed by atoms with E-state index >= 15 is 0 Å². The summed E-state index contributed by atoms with van der Waals surface area (Å²) in [4.78, 5) is 23.6. The molecule has 5 rings (SSSR count). The van der Waals surface area contributed by atoms with Crippen LogP contribution in [0, 0.1) is 5.92 Å². The average molecular weight is 442 g/mol. The van der Waals surface area contributed by atoms with E-state index in [9.17, 15) is 4.79 Å². The summed E-state index contributed by atoms with van der Waals surface area (Å²) >= 11 is 0. The van der Waals surface area contributed by atoms with E-state index in [4.69, 9.17) is 14.3 Å². The fourth-order valence-corrected chi connectivity index (χ4v) is 4.98.